The van der Waals surface area contributed by atoms with Gasteiger partial charge in [0.05, 0.1) is 5.02 Å². The first-order valence-electron chi connectivity index (χ1n) is 5.81. The van der Waals surface area contributed by atoms with Crippen LogP contribution in [0.2, 0.25) is 5.02 Å². The summed E-state index contributed by atoms with van der Waals surface area (Å²) in [5.41, 5.74) is 7.98. The zero-order chi connectivity index (χ0) is 14.0. The Morgan fingerprint density at radius 1 is 1.32 bits per heavy atom. The Bertz CT molecular complexity index is 640. The average molecular weight is 278 g/mol. The summed E-state index contributed by atoms with van der Waals surface area (Å²) in [5, 5.41) is 0.0220. The summed E-state index contributed by atoms with van der Waals surface area (Å²) in [5.74, 6) is -0.731. The van der Waals surface area contributed by atoms with Gasteiger partial charge in [-0.15, -0.1) is 0 Å². The van der Waals surface area contributed by atoms with Crippen LogP contribution in [0.4, 0.5) is 10.1 Å². The number of hydrogen-bond acceptors (Lipinski definition) is 2. The van der Waals surface area contributed by atoms with E-state index in [0.717, 1.165) is 5.56 Å². The Balaban J connectivity index is 2.26. The minimum absolute atomic E-state index is 0.0220. The molecule has 0 bridgehead atoms. The number of Topliss-reactive ketones (excluding diaryl/α,β-unsaturated/α-hetero) is 1. The number of carbonyl (C=O) groups is 1. The number of hydrogen-bond donors (Lipinski definition) is 1. The molecule has 0 aromatic heterocycles. The van der Waals surface area contributed by atoms with Crippen LogP contribution >= 0.6 is 11.6 Å². The summed E-state index contributed by atoms with van der Waals surface area (Å²) in [4.78, 5) is 12.1. The monoisotopic (exact) mass is 277 g/mol. The Morgan fingerprint density at radius 3 is 2.74 bits per heavy atom. The lowest BCUT2D eigenvalue weighted by atomic mass is 10.0. The Hall–Kier alpha value is -1.87. The predicted molar refractivity (Wildman–Crippen MR) is 75.0 cm³/mol. The van der Waals surface area contributed by atoms with Crippen LogP contribution in [0.3, 0.4) is 0 Å². The van der Waals surface area contributed by atoms with Gasteiger partial charge in [-0.05, 0) is 30.2 Å². The van der Waals surface area contributed by atoms with E-state index in [-0.39, 0.29) is 22.8 Å². The molecular formula is C15H13ClFNO. The van der Waals surface area contributed by atoms with E-state index in [2.05, 4.69) is 0 Å². The molecule has 0 amide bonds. The fraction of sp³-hybridized carbons (Fsp3) is 0.133. The van der Waals surface area contributed by atoms with Gasteiger partial charge in [-0.25, -0.2) is 4.39 Å². The molecule has 2 nitrogen and oxygen atoms in total. The van der Waals surface area contributed by atoms with E-state index >= 15 is 0 Å². The van der Waals surface area contributed by atoms with Crippen LogP contribution in [0.5, 0.6) is 0 Å². The topological polar surface area (TPSA) is 43.1 Å². The van der Waals surface area contributed by atoms with Gasteiger partial charge >= 0.3 is 0 Å². The number of carbonyl (C=O) groups excluding carboxylic acids is 1. The quantitative estimate of drug-likeness (QED) is 0.685. The van der Waals surface area contributed by atoms with Crippen molar-refractivity contribution in [1.82, 2.24) is 0 Å². The van der Waals surface area contributed by atoms with Crippen molar-refractivity contribution in [1.29, 1.82) is 0 Å². The summed E-state index contributed by atoms with van der Waals surface area (Å²) in [7, 11) is 0. The number of ketones is 1. The zero-order valence-corrected chi connectivity index (χ0v) is 11.2. The van der Waals surface area contributed by atoms with Crippen molar-refractivity contribution in [3.05, 3.63) is 63.9 Å². The number of benzene rings is 2. The van der Waals surface area contributed by atoms with Gasteiger partial charge < -0.3 is 5.73 Å². The van der Waals surface area contributed by atoms with Crippen molar-refractivity contribution < 1.29 is 9.18 Å². The molecule has 0 spiro atoms. The lowest BCUT2D eigenvalue weighted by Gasteiger charge is -2.06. The summed E-state index contributed by atoms with van der Waals surface area (Å²) in [6.45, 7) is 1.86. The second-order valence-corrected chi connectivity index (χ2v) is 4.79. The first-order chi connectivity index (χ1) is 8.99. The van der Waals surface area contributed by atoms with Crippen molar-refractivity contribution in [2.45, 2.75) is 13.3 Å². The molecule has 19 heavy (non-hydrogen) atoms. The molecule has 0 saturated carbocycles. The molecule has 2 rings (SSSR count). The number of halogens is 2. The molecule has 0 aliphatic rings. The van der Waals surface area contributed by atoms with E-state index in [1.165, 1.54) is 6.07 Å². The average Bonchev–Trinajstić information content (AvgIpc) is 2.38. The van der Waals surface area contributed by atoms with E-state index in [4.69, 9.17) is 17.3 Å². The van der Waals surface area contributed by atoms with Gasteiger partial charge in [0.1, 0.15) is 5.82 Å². The summed E-state index contributed by atoms with van der Waals surface area (Å²) >= 11 is 5.68. The van der Waals surface area contributed by atoms with E-state index in [9.17, 15) is 9.18 Å². The summed E-state index contributed by atoms with van der Waals surface area (Å²) in [6.07, 6.45) is -0.0328. The number of anilines is 1. The molecule has 2 N–H and O–H groups in total. The summed E-state index contributed by atoms with van der Waals surface area (Å²) in [6, 6.07) is 9.70. The molecule has 98 valence electrons. The highest BCUT2D eigenvalue weighted by Gasteiger charge is 2.13. The summed E-state index contributed by atoms with van der Waals surface area (Å²) < 4.78 is 13.7. The van der Waals surface area contributed by atoms with Crippen LogP contribution < -0.4 is 5.73 Å². The molecule has 0 aliphatic carbocycles. The van der Waals surface area contributed by atoms with E-state index < -0.39 is 5.82 Å². The highest BCUT2D eigenvalue weighted by Crippen LogP contribution is 2.20. The van der Waals surface area contributed by atoms with Crippen molar-refractivity contribution in [3.63, 3.8) is 0 Å². The highest BCUT2D eigenvalue weighted by molar-refractivity contribution is 6.30. The van der Waals surface area contributed by atoms with E-state index in [0.29, 0.717) is 11.3 Å². The van der Waals surface area contributed by atoms with Gasteiger partial charge in [0, 0.05) is 17.7 Å². The van der Waals surface area contributed by atoms with Gasteiger partial charge in [0.25, 0.3) is 0 Å². The van der Waals surface area contributed by atoms with Crippen LogP contribution in [-0.2, 0) is 6.42 Å². The van der Waals surface area contributed by atoms with Crippen molar-refractivity contribution in [2.24, 2.45) is 0 Å². The molecule has 0 fully saturated rings. The van der Waals surface area contributed by atoms with Crippen LogP contribution in [0, 0.1) is 12.7 Å². The van der Waals surface area contributed by atoms with Gasteiger partial charge in [0.2, 0.25) is 0 Å². The molecule has 0 saturated heterocycles. The fourth-order valence-electron chi connectivity index (χ4n) is 1.77. The Labute approximate surface area is 116 Å². The highest BCUT2D eigenvalue weighted by atomic mass is 35.5. The van der Waals surface area contributed by atoms with Gasteiger partial charge in [0.15, 0.2) is 5.78 Å². The first-order valence-corrected chi connectivity index (χ1v) is 6.19. The lowest BCUT2D eigenvalue weighted by Crippen LogP contribution is -2.06. The molecule has 0 atom stereocenters. The Kier molecular flexibility index (Phi) is 3.86. The van der Waals surface area contributed by atoms with Gasteiger partial charge in [-0.3, -0.25) is 4.79 Å². The molecular weight excluding hydrogens is 265 g/mol. The predicted octanol–water partition coefficient (Wildman–Crippen LogP) is 3.80. The number of aryl methyl sites for hydroxylation is 1. The molecule has 2 aromatic rings. The zero-order valence-electron chi connectivity index (χ0n) is 10.4. The number of nitrogen functional groups attached to an aromatic ring is 1. The Morgan fingerprint density at radius 2 is 2.05 bits per heavy atom. The second-order valence-electron chi connectivity index (χ2n) is 4.38. The third kappa shape index (κ3) is 2.93. The third-order valence-electron chi connectivity index (χ3n) is 2.98. The minimum Gasteiger partial charge on any atom is -0.398 e. The molecule has 4 heteroatoms. The second kappa shape index (κ2) is 5.41. The standard InChI is InChI=1S/C15H13ClFNO/c1-9-5-6-10(7-13(9)18)14(19)8-11-3-2-4-12(16)15(11)17/h2-7H,8,18H2,1H3. The van der Waals surface area contributed by atoms with Crippen LogP contribution in [0.25, 0.3) is 0 Å². The fourth-order valence-corrected chi connectivity index (χ4v) is 1.97. The third-order valence-corrected chi connectivity index (χ3v) is 3.28. The maximum Gasteiger partial charge on any atom is 0.167 e. The van der Waals surface area contributed by atoms with E-state index in [1.54, 1.807) is 30.3 Å². The lowest BCUT2D eigenvalue weighted by molar-refractivity contribution is 0.0992. The largest absolute Gasteiger partial charge is 0.398 e. The SMILES string of the molecule is Cc1ccc(C(=O)Cc2cccc(Cl)c2F)cc1N. The number of rotatable bonds is 3. The van der Waals surface area contributed by atoms with Crippen LogP contribution in [0.15, 0.2) is 36.4 Å². The van der Waals surface area contributed by atoms with E-state index in [1.807, 2.05) is 6.92 Å². The molecule has 2 aromatic carbocycles. The maximum absolute atomic E-state index is 13.7. The van der Waals surface area contributed by atoms with Crippen LogP contribution in [0.1, 0.15) is 21.5 Å². The molecule has 0 aliphatic heterocycles. The van der Waals surface area contributed by atoms with Crippen LogP contribution in [-0.4, -0.2) is 5.78 Å². The minimum atomic E-state index is -0.544. The first kappa shape index (κ1) is 13.6. The van der Waals surface area contributed by atoms with Crippen molar-refractivity contribution in [3.8, 4) is 0 Å². The maximum atomic E-state index is 13.7. The smallest absolute Gasteiger partial charge is 0.167 e. The van der Waals surface area contributed by atoms with Crippen molar-refractivity contribution in [2.75, 3.05) is 5.73 Å². The number of nitrogens with two attached hydrogens (primary N) is 1. The molecule has 0 heterocycles. The molecule has 0 unspecified atom stereocenters. The van der Waals surface area contributed by atoms with Crippen molar-refractivity contribution >= 4 is 23.1 Å². The van der Waals surface area contributed by atoms with Gasteiger partial charge in [-0.1, -0.05) is 35.9 Å². The van der Waals surface area contributed by atoms with Gasteiger partial charge in [-0.2, -0.15) is 0 Å². The molecule has 0 radical (unpaired) electrons. The normalized spacial score (nSPS) is 10.5.